The van der Waals surface area contributed by atoms with Crippen LogP contribution in [0.1, 0.15) is 5.56 Å². The summed E-state index contributed by atoms with van der Waals surface area (Å²) in [6, 6.07) is 18.1. The molecular weight excluding hydrogens is 290 g/mol. The summed E-state index contributed by atoms with van der Waals surface area (Å²) in [4.78, 5) is 12.5. The minimum atomic E-state index is -0.317. The molecule has 112 valence electrons. The Hall–Kier alpha value is -3.59. The molecule has 23 heavy (non-hydrogen) atoms. The number of hydrazone groups is 1. The van der Waals surface area contributed by atoms with Gasteiger partial charge in [0, 0.05) is 0 Å². The van der Waals surface area contributed by atoms with Crippen LogP contribution in [0.5, 0.6) is 0 Å². The lowest BCUT2D eigenvalue weighted by molar-refractivity contribution is -0.112. The second-order valence-electron chi connectivity index (χ2n) is 4.80. The van der Waals surface area contributed by atoms with Crippen molar-refractivity contribution in [2.75, 3.05) is 10.4 Å². The van der Waals surface area contributed by atoms with E-state index in [1.807, 2.05) is 18.2 Å². The Labute approximate surface area is 133 Å². The Bertz CT molecular complexity index is 836. The van der Waals surface area contributed by atoms with E-state index in [0.29, 0.717) is 22.6 Å². The number of nitrogens with one attached hydrogen (secondary N) is 2. The van der Waals surface area contributed by atoms with Crippen LogP contribution in [0, 0.1) is 11.3 Å². The summed E-state index contributed by atoms with van der Waals surface area (Å²) < 4.78 is 0. The molecule has 0 spiro atoms. The van der Waals surface area contributed by atoms with Crippen molar-refractivity contribution in [2.45, 2.75) is 0 Å². The Morgan fingerprint density at radius 2 is 1.83 bits per heavy atom. The Morgan fingerprint density at radius 3 is 2.57 bits per heavy atom. The van der Waals surface area contributed by atoms with Crippen LogP contribution in [0.4, 0.5) is 11.4 Å². The number of carbonyl (C=O) groups is 1. The van der Waals surface area contributed by atoms with Gasteiger partial charge in [-0.05, 0) is 24.3 Å². The number of amides is 1. The van der Waals surface area contributed by atoms with E-state index in [0.717, 1.165) is 0 Å². The number of hydrazine groups is 1. The molecule has 2 aromatic carbocycles. The Balaban J connectivity index is 1.85. The van der Waals surface area contributed by atoms with Crippen LogP contribution in [0.3, 0.4) is 0 Å². The van der Waals surface area contributed by atoms with Crippen LogP contribution < -0.4 is 15.9 Å². The van der Waals surface area contributed by atoms with E-state index in [9.17, 15) is 4.79 Å². The normalized spacial score (nSPS) is 15.4. The van der Waals surface area contributed by atoms with Gasteiger partial charge >= 0.3 is 0 Å². The molecule has 1 amide bonds. The Kier molecular flexibility index (Phi) is 3.77. The highest BCUT2D eigenvalue weighted by Crippen LogP contribution is 2.19. The highest BCUT2D eigenvalue weighted by Gasteiger charge is 2.32. The van der Waals surface area contributed by atoms with Gasteiger partial charge < -0.3 is 0 Å². The zero-order valence-corrected chi connectivity index (χ0v) is 12.2. The third-order valence-corrected chi connectivity index (χ3v) is 3.29. The number of benzene rings is 2. The van der Waals surface area contributed by atoms with Crippen molar-refractivity contribution in [3.8, 4) is 6.07 Å². The second kappa shape index (κ2) is 6.03. The zero-order valence-electron chi connectivity index (χ0n) is 12.2. The summed E-state index contributed by atoms with van der Waals surface area (Å²) >= 11 is 0. The molecule has 1 saturated heterocycles. The molecule has 0 aliphatic carbocycles. The largest absolute Gasteiger partial charge is 0.299 e. The number of anilines is 2. The summed E-state index contributed by atoms with van der Waals surface area (Å²) in [6.07, 6.45) is 0. The van der Waals surface area contributed by atoms with Crippen molar-refractivity contribution >= 4 is 23.0 Å². The summed E-state index contributed by atoms with van der Waals surface area (Å²) in [7, 11) is 0. The molecule has 6 heteroatoms. The fourth-order valence-corrected chi connectivity index (χ4v) is 2.14. The standard InChI is InChI=1S/C17H13N5O/c1-12-16(20-19-15-10-6-5-7-13(15)11-18)17(23)22(21-12)14-8-3-2-4-9-14/h2-10,19,21H,1H2/b20-16+. The van der Waals surface area contributed by atoms with E-state index < -0.39 is 0 Å². The van der Waals surface area contributed by atoms with Crippen LogP contribution >= 0.6 is 0 Å². The van der Waals surface area contributed by atoms with Gasteiger partial charge in [-0.15, -0.1) is 0 Å². The maximum atomic E-state index is 12.5. The quantitative estimate of drug-likeness (QED) is 0.853. The summed E-state index contributed by atoms with van der Waals surface area (Å²) in [5, 5.41) is 14.5. The lowest BCUT2D eigenvalue weighted by atomic mass is 10.2. The number of nitrogens with zero attached hydrogens (tertiary/aromatic N) is 3. The van der Waals surface area contributed by atoms with Crippen LogP contribution in [0.2, 0.25) is 0 Å². The van der Waals surface area contributed by atoms with Crippen LogP contribution in [-0.4, -0.2) is 11.6 Å². The van der Waals surface area contributed by atoms with Crippen molar-refractivity contribution in [1.82, 2.24) is 5.43 Å². The molecule has 1 aliphatic rings. The maximum Gasteiger partial charge on any atom is 0.299 e. The highest BCUT2D eigenvalue weighted by atomic mass is 16.2. The Morgan fingerprint density at radius 1 is 1.13 bits per heavy atom. The number of nitriles is 1. The van der Waals surface area contributed by atoms with Gasteiger partial charge in [-0.3, -0.25) is 15.6 Å². The molecule has 0 atom stereocenters. The highest BCUT2D eigenvalue weighted by molar-refractivity contribution is 6.51. The van der Waals surface area contributed by atoms with Crippen molar-refractivity contribution < 1.29 is 4.79 Å². The lowest BCUT2D eigenvalue weighted by Gasteiger charge is -2.14. The molecule has 2 aromatic rings. The lowest BCUT2D eigenvalue weighted by Crippen LogP contribution is -2.34. The third-order valence-electron chi connectivity index (χ3n) is 3.29. The average molecular weight is 303 g/mol. The van der Waals surface area contributed by atoms with Crippen molar-refractivity contribution in [1.29, 1.82) is 5.26 Å². The van der Waals surface area contributed by atoms with E-state index >= 15 is 0 Å². The number of para-hydroxylation sites is 2. The minimum Gasteiger partial charge on any atom is -0.289 e. The molecule has 1 heterocycles. The van der Waals surface area contributed by atoms with E-state index in [1.165, 1.54) is 5.01 Å². The van der Waals surface area contributed by atoms with Crippen LogP contribution in [0.25, 0.3) is 0 Å². The van der Waals surface area contributed by atoms with Crippen molar-refractivity contribution in [3.05, 3.63) is 72.4 Å². The first-order valence-electron chi connectivity index (χ1n) is 6.89. The molecule has 0 aromatic heterocycles. The van der Waals surface area contributed by atoms with Gasteiger partial charge in [-0.1, -0.05) is 36.9 Å². The average Bonchev–Trinajstić information content (AvgIpc) is 2.88. The molecule has 1 fully saturated rings. The van der Waals surface area contributed by atoms with E-state index in [1.54, 1.807) is 36.4 Å². The topological polar surface area (TPSA) is 80.5 Å². The van der Waals surface area contributed by atoms with Gasteiger partial charge in [0.05, 0.1) is 22.6 Å². The van der Waals surface area contributed by atoms with Gasteiger partial charge in [0.15, 0.2) is 5.71 Å². The molecular formula is C17H13N5O. The molecule has 0 saturated carbocycles. The predicted molar refractivity (Wildman–Crippen MR) is 88.4 cm³/mol. The molecule has 0 unspecified atom stereocenters. The van der Waals surface area contributed by atoms with E-state index in [4.69, 9.17) is 5.26 Å². The first kappa shape index (κ1) is 14.4. The molecule has 0 radical (unpaired) electrons. The summed E-state index contributed by atoms with van der Waals surface area (Å²) in [5.41, 5.74) is 7.87. The molecule has 2 N–H and O–H groups in total. The van der Waals surface area contributed by atoms with Gasteiger partial charge in [0.2, 0.25) is 0 Å². The van der Waals surface area contributed by atoms with E-state index in [-0.39, 0.29) is 11.6 Å². The number of rotatable bonds is 3. The van der Waals surface area contributed by atoms with Crippen LogP contribution in [0.15, 0.2) is 72.0 Å². The molecule has 1 aliphatic heterocycles. The smallest absolute Gasteiger partial charge is 0.289 e. The minimum absolute atomic E-state index is 0.168. The monoisotopic (exact) mass is 303 g/mol. The van der Waals surface area contributed by atoms with Crippen molar-refractivity contribution in [3.63, 3.8) is 0 Å². The first-order chi connectivity index (χ1) is 11.2. The summed E-state index contributed by atoms with van der Waals surface area (Å²) in [5.74, 6) is -0.317. The summed E-state index contributed by atoms with van der Waals surface area (Å²) in [6.45, 7) is 3.81. The van der Waals surface area contributed by atoms with Gasteiger partial charge in [0.1, 0.15) is 6.07 Å². The fraction of sp³-hybridized carbons (Fsp3) is 0. The van der Waals surface area contributed by atoms with Gasteiger partial charge in [-0.25, -0.2) is 5.01 Å². The van der Waals surface area contributed by atoms with E-state index in [2.05, 4.69) is 28.6 Å². The number of hydrogen-bond donors (Lipinski definition) is 2. The maximum absolute atomic E-state index is 12.5. The van der Waals surface area contributed by atoms with Crippen LogP contribution in [-0.2, 0) is 4.79 Å². The predicted octanol–water partition coefficient (Wildman–Crippen LogP) is 2.39. The van der Waals surface area contributed by atoms with Gasteiger partial charge in [0.25, 0.3) is 5.91 Å². The molecule has 3 rings (SSSR count). The SMILES string of the molecule is C=C1NN(c2ccccc2)C(=O)/C1=N/Nc1ccccc1C#N. The third kappa shape index (κ3) is 2.76. The first-order valence-corrected chi connectivity index (χ1v) is 6.89. The number of hydrogen-bond acceptors (Lipinski definition) is 5. The molecule has 0 bridgehead atoms. The van der Waals surface area contributed by atoms with Crippen molar-refractivity contribution in [2.24, 2.45) is 5.10 Å². The van der Waals surface area contributed by atoms with Gasteiger partial charge in [-0.2, -0.15) is 10.4 Å². The number of carbonyl (C=O) groups excluding carboxylic acids is 1. The fourth-order valence-electron chi connectivity index (χ4n) is 2.14. The second-order valence-corrected chi connectivity index (χ2v) is 4.80. The molecule has 6 nitrogen and oxygen atoms in total. The zero-order chi connectivity index (χ0) is 16.2.